The summed E-state index contributed by atoms with van der Waals surface area (Å²) in [7, 11) is 0. The van der Waals surface area contributed by atoms with E-state index >= 15 is 0 Å². The molecule has 0 saturated carbocycles. The maximum absolute atomic E-state index is 13.7. The van der Waals surface area contributed by atoms with Crippen LogP contribution >= 0.6 is 22.9 Å². The Morgan fingerprint density at radius 3 is 2.53 bits per heavy atom. The van der Waals surface area contributed by atoms with Gasteiger partial charge in [-0.25, -0.2) is 4.39 Å². The van der Waals surface area contributed by atoms with E-state index in [2.05, 4.69) is 0 Å². The lowest BCUT2D eigenvalue weighted by Gasteiger charge is -2.03. The van der Waals surface area contributed by atoms with Crippen molar-refractivity contribution in [1.82, 2.24) is 4.57 Å². The van der Waals surface area contributed by atoms with E-state index < -0.39 is 0 Å². The second kappa shape index (κ2) is 9.47. The summed E-state index contributed by atoms with van der Waals surface area (Å²) >= 11 is 7.24. The Hall–Kier alpha value is -3.28. The number of ketones is 1. The molecule has 0 aliphatic carbocycles. The SMILES string of the molecule is Cc1ccc(/C=c2\s/c(=C\C(=O)c3cccc(Cl)c3)n(Cc3cccc(F)c3)c2=O)cc1. The first-order valence-corrected chi connectivity index (χ1v) is 11.1. The molecular formula is C26H19ClFNO2S. The number of thiazole rings is 1. The number of hydrogen-bond donors (Lipinski definition) is 0. The molecule has 32 heavy (non-hydrogen) atoms. The van der Waals surface area contributed by atoms with Crippen molar-refractivity contribution in [2.24, 2.45) is 0 Å². The molecule has 0 atom stereocenters. The van der Waals surface area contributed by atoms with Crippen molar-refractivity contribution >= 4 is 40.9 Å². The number of benzene rings is 3. The van der Waals surface area contributed by atoms with Gasteiger partial charge in [0.25, 0.3) is 5.56 Å². The van der Waals surface area contributed by atoms with Crippen LogP contribution < -0.4 is 14.8 Å². The number of aromatic nitrogens is 1. The van der Waals surface area contributed by atoms with Gasteiger partial charge >= 0.3 is 0 Å². The van der Waals surface area contributed by atoms with Gasteiger partial charge in [-0.3, -0.25) is 14.2 Å². The number of hydrogen-bond acceptors (Lipinski definition) is 3. The van der Waals surface area contributed by atoms with E-state index in [1.54, 1.807) is 42.5 Å². The molecule has 0 radical (unpaired) electrons. The average Bonchev–Trinajstić information content (AvgIpc) is 3.04. The van der Waals surface area contributed by atoms with Crippen molar-refractivity contribution in [2.75, 3.05) is 0 Å². The van der Waals surface area contributed by atoms with Crippen LogP contribution in [-0.4, -0.2) is 10.4 Å². The highest BCUT2D eigenvalue weighted by atomic mass is 35.5. The van der Waals surface area contributed by atoms with Crippen molar-refractivity contribution in [3.8, 4) is 0 Å². The molecule has 3 aromatic carbocycles. The third-order valence-corrected chi connectivity index (χ3v) is 6.20. The highest BCUT2D eigenvalue weighted by Crippen LogP contribution is 2.12. The van der Waals surface area contributed by atoms with Crippen LogP contribution in [0.4, 0.5) is 4.39 Å². The molecule has 0 saturated heterocycles. The molecule has 0 N–H and O–H groups in total. The van der Waals surface area contributed by atoms with Gasteiger partial charge in [-0.05, 0) is 48.4 Å². The van der Waals surface area contributed by atoms with Crippen molar-refractivity contribution in [3.63, 3.8) is 0 Å². The summed E-state index contributed by atoms with van der Waals surface area (Å²) in [6, 6.07) is 20.6. The first-order valence-electron chi connectivity index (χ1n) is 9.93. The van der Waals surface area contributed by atoms with Gasteiger partial charge < -0.3 is 0 Å². The fourth-order valence-corrected chi connectivity index (χ4v) is 4.49. The minimum atomic E-state index is -0.377. The second-order valence-electron chi connectivity index (χ2n) is 7.40. The molecule has 0 amide bonds. The van der Waals surface area contributed by atoms with Crippen molar-refractivity contribution in [2.45, 2.75) is 13.5 Å². The fourth-order valence-electron chi connectivity index (χ4n) is 3.26. The number of halogens is 2. The van der Waals surface area contributed by atoms with Gasteiger partial charge in [0.05, 0.1) is 11.1 Å². The lowest BCUT2D eigenvalue weighted by molar-refractivity contribution is 0.106. The molecular weight excluding hydrogens is 445 g/mol. The third kappa shape index (κ3) is 5.13. The molecule has 0 bridgehead atoms. The minimum Gasteiger partial charge on any atom is -0.294 e. The minimum absolute atomic E-state index is 0.156. The molecule has 4 aromatic rings. The number of rotatable bonds is 5. The third-order valence-electron chi connectivity index (χ3n) is 4.91. The Bertz CT molecular complexity index is 1470. The Morgan fingerprint density at radius 1 is 1.06 bits per heavy atom. The van der Waals surface area contributed by atoms with E-state index in [9.17, 15) is 14.0 Å². The zero-order valence-electron chi connectivity index (χ0n) is 17.2. The molecule has 1 aromatic heterocycles. The monoisotopic (exact) mass is 463 g/mol. The van der Waals surface area contributed by atoms with E-state index in [1.807, 2.05) is 31.2 Å². The summed E-state index contributed by atoms with van der Waals surface area (Å²) in [5.74, 6) is -0.638. The number of carbonyl (C=O) groups excluding carboxylic acids is 1. The Balaban J connectivity index is 1.85. The van der Waals surface area contributed by atoms with Gasteiger partial charge in [0.15, 0.2) is 5.78 Å². The van der Waals surface area contributed by atoms with Gasteiger partial charge in [0.1, 0.15) is 10.5 Å². The van der Waals surface area contributed by atoms with Crippen LogP contribution in [0.25, 0.3) is 12.2 Å². The van der Waals surface area contributed by atoms with Crippen LogP contribution in [0.15, 0.2) is 77.6 Å². The van der Waals surface area contributed by atoms with Gasteiger partial charge in [-0.1, -0.05) is 65.7 Å². The zero-order valence-corrected chi connectivity index (χ0v) is 18.8. The maximum Gasteiger partial charge on any atom is 0.269 e. The summed E-state index contributed by atoms with van der Waals surface area (Å²) in [6.07, 6.45) is 3.24. The zero-order chi connectivity index (χ0) is 22.7. The van der Waals surface area contributed by atoms with Crippen molar-refractivity contribution in [3.05, 3.63) is 125 Å². The molecule has 160 valence electrons. The smallest absolute Gasteiger partial charge is 0.269 e. The summed E-state index contributed by atoms with van der Waals surface area (Å²) in [5, 5.41) is 0.459. The molecule has 6 heteroatoms. The van der Waals surface area contributed by atoms with Crippen LogP contribution in [0.3, 0.4) is 0 Å². The summed E-state index contributed by atoms with van der Waals surface area (Å²) < 4.78 is 16.2. The predicted molar refractivity (Wildman–Crippen MR) is 128 cm³/mol. The molecule has 3 nitrogen and oxygen atoms in total. The topological polar surface area (TPSA) is 39.1 Å². The number of carbonyl (C=O) groups is 1. The molecule has 0 aliphatic heterocycles. The highest BCUT2D eigenvalue weighted by Gasteiger charge is 2.10. The molecule has 0 aliphatic rings. The van der Waals surface area contributed by atoms with Gasteiger partial charge in [0.2, 0.25) is 0 Å². The van der Waals surface area contributed by atoms with Crippen LogP contribution in [0.1, 0.15) is 27.0 Å². The van der Waals surface area contributed by atoms with E-state index in [1.165, 1.54) is 34.1 Å². The lowest BCUT2D eigenvalue weighted by Crippen LogP contribution is -2.32. The Labute approximate surface area is 193 Å². The molecule has 1 heterocycles. The quantitative estimate of drug-likeness (QED) is 0.407. The maximum atomic E-state index is 13.7. The van der Waals surface area contributed by atoms with E-state index in [0.717, 1.165) is 11.1 Å². The first kappa shape index (κ1) is 21.9. The van der Waals surface area contributed by atoms with Gasteiger partial charge in [-0.15, -0.1) is 11.3 Å². The summed E-state index contributed by atoms with van der Waals surface area (Å²) in [4.78, 5) is 26.1. The molecule has 0 fully saturated rings. The largest absolute Gasteiger partial charge is 0.294 e. The predicted octanol–water partition coefficient (Wildman–Crippen LogP) is 4.55. The first-order chi connectivity index (χ1) is 15.4. The van der Waals surface area contributed by atoms with Gasteiger partial charge in [-0.2, -0.15) is 0 Å². The molecule has 4 rings (SSSR count). The number of nitrogens with zero attached hydrogens (tertiary/aromatic N) is 1. The van der Waals surface area contributed by atoms with E-state index in [0.29, 0.717) is 25.3 Å². The number of aryl methyl sites for hydroxylation is 1. The fraction of sp³-hybridized carbons (Fsp3) is 0.0769. The standard InChI is InChI=1S/C26H19ClFNO2S/c1-17-8-10-18(11-9-17)13-24-26(31)29(16-19-4-2-7-22(28)12-19)25(32-24)15-23(30)20-5-3-6-21(27)14-20/h2-15H,16H2,1H3/b24-13-,25-15-. The molecule has 0 spiro atoms. The van der Waals surface area contributed by atoms with Crippen LogP contribution in [0.5, 0.6) is 0 Å². The van der Waals surface area contributed by atoms with Crippen LogP contribution in [-0.2, 0) is 6.54 Å². The van der Waals surface area contributed by atoms with Crippen LogP contribution in [0.2, 0.25) is 5.02 Å². The average molecular weight is 464 g/mol. The Morgan fingerprint density at radius 2 is 1.81 bits per heavy atom. The van der Waals surface area contributed by atoms with Crippen molar-refractivity contribution in [1.29, 1.82) is 0 Å². The number of Topliss-reactive ketones (excluding diaryl/α,β-unsaturated/α-hetero) is 1. The second-order valence-corrected chi connectivity index (χ2v) is 8.90. The lowest BCUT2D eigenvalue weighted by atomic mass is 10.1. The van der Waals surface area contributed by atoms with E-state index in [-0.39, 0.29) is 23.7 Å². The van der Waals surface area contributed by atoms with E-state index in [4.69, 9.17) is 11.6 Å². The molecule has 0 unspecified atom stereocenters. The summed E-state index contributed by atoms with van der Waals surface area (Å²) in [6.45, 7) is 2.15. The van der Waals surface area contributed by atoms with Gasteiger partial charge in [0, 0.05) is 16.7 Å². The van der Waals surface area contributed by atoms with Crippen LogP contribution in [0, 0.1) is 12.7 Å². The normalized spacial score (nSPS) is 12.3. The highest BCUT2D eigenvalue weighted by molar-refractivity contribution is 7.07. The summed E-state index contributed by atoms with van der Waals surface area (Å²) in [5.41, 5.74) is 2.85. The Kier molecular flexibility index (Phi) is 6.49. The van der Waals surface area contributed by atoms with Crippen molar-refractivity contribution < 1.29 is 9.18 Å².